The minimum absolute atomic E-state index is 0.0416. The van der Waals surface area contributed by atoms with Crippen LogP contribution in [0.4, 0.5) is 5.69 Å². The number of aliphatic hydroxyl groups excluding tert-OH is 1. The summed E-state index contributed by atoms with van der Waals surface area (Å²) in [4.78, 5) is 14.0. The minimum Gasteiger partial charge on any atom is -0.391 e. The Kier molecular flexibility index (Phi) is 2.96. The number of anilines is 1. The Morgan fingerprint density at radius 3 is 3.11 bits per heavy atom. The quantitative estimate of drug-likeness (QED) is 0.784. The van der Waals surface area contributed by atoms with Crippen LogP contribution in [-0.4, -0.2) is 41.7 Å². The van der Waals surface area contributed by atoms with Gasteiger partial charge >= 0.3 is 0 Å². The Balaban J connectivity index is 1.81. The molecule has 4 nitrogen and oxygen atoms in total. The second-order valence-corrected chi connectivity index (χ2v) is 5.10. The molecule has 0 radical (unpaired) electrons. The summed E-state index contributed by atoms with van der Waals surface area (Å²) in [6.45, 7) is 2.14. The summed E-state index contributed by atoms with van der Waals surface area (Å²) in [5.41, 5.74) is 3.12. The maximum Gasteiger partial charge on any atom is 0.253 e. The van der Waals surface area contributed by atoms with Crippen LogP contribution in [0.25, 0.3) is 0 Å². The second-order valence-electron chi connectivity index (χ2n) is 5.10. The first kappa shape index (κ1) is 11.5. The number of nitrogens with zero attached hydrogens (tertiary/aromatic N) is 1. The first-order chi connectivity index (χ1) is 8.74. The molecule has 2 aliphatic heterocycles. The van der Waals surface area contributed by atoms with E-state index in [0.717, 1.165) is 30.6 Å². The van der Waals surface area contributed by atoms with Gasteiger partial charge in [0.05, 0.1) is 6.10 Å². The van der Waals surface area contributed by atoms with E-state index in [1.165, 1.54) is 5.56 Å². The number of β-amino-alcohol motifs (C(OH)–C–C–N with tert-alkyl or cyclic N) is 1. The van der Waals surface area contributed by atoms with Gasteiger partial charge in [-0.25, -0.2) is 0 Å². The molecule has 1 amide bonds. The molecule has 0 aromatic heterocycles. The standard InChI is InChI=1S/C14H18N2O2/c17-12-5-7-16(9-12)14(18)11-3-4-13-10(8-11)2-1-6-15-13/h3-4,8,12,15,17H,1-2,5-7,9H2. The molecule has 1 saturated heterocycles. The number of hydrogen-bond acceptors (Lipinski definition) is 3. The predicted molar refractivity (Wildman–Crippen MR) is 69.8 cm³/mol. The number of rotatable bonds is 1. The lowest BCUT2D eigenvalue weighted by molar-refractivity contribution is 0.0765. The highest BCUT2D eigenvalue weighted by molar-refractivity contribution is 5.95. The Morgan fingerprint density at radius 1 is 1.44 bits per heavy atom. The van der Waals surface area contributed by atoms with Crippen LogP contribution in [-0.2, 0) is 6.42 Å². The van der Waals surface area contributed by atoms with Crippen LogP contribution >= 0.6 is 0 Å². The summed E-state index contributed by atoms with van der Waals surface area (Å²) >= 11 is 0. The summed E-state index contributed by atoms with van der Waals surface area (Å²) in [7, 11) is 0. The molecule has 0 saturated carbocycles. The van der Waals surface area contributed by atoms with Crippen LogP contribution < -0.4 is 5.32 Å². The molecule has 2 aliphatic rings. The largest absolute Gasteiger partial charge is 0.391 e. The zero-order valence-electron chi connectivity index (χ0n) is 10.4. The predicted octanol–water partition coefficient (Wildman–Crippen LogP) is 1.25. The molecule has 3 rings (SSSR count). The van der Waals surface area contributed by atoms with Crippen LogP contribution in [0.15, 0.2) is 18.2 Å². The monoisotopic (exact) mass is 246 g/mol. The van der Waals surface area contributed by atoms with Crippen molar-refractivity contribution in [1.29, 1.82) is 0 Å². The maximum atomic E-state index is 12.3. The number of nitrogens with one attached hydrogen (secondary N) is 1. The zero-order chi connectivity index (χ0) is 12.5. The fourth-order valence-electron chi connectivity index (χ4n) is 2.72. The number of carbonyl (C=O) groups is 1. The van der Waals surface area contributed by atoms with Gasteiger partial charge in [-0.1, -0.05) is 0 Å². The molecular formula is C14H18N2O2. The highest BCUT2D eigenvalue weighted by Gasteiger charge is 2.25. The van der Waals surface area contributed by atoms with E-state index >= 15 is 0 Å². The van der Waals surface area contributed by atoms with Crippen molar-refractivity contribution in [2.45, 2.75) is 25.4 Å². The molecule has 4 heteroatoms. The molecule has 0 spiro atoms. The normalized spacial score (nSPS) is 22.5. The first-order valence-electron chi connectivity index (χ1n) is 6.58. The van der Waals surface area contributed by atoms with Crippen molar-refractivity contribution in [3.63, 3.8) is 0 Å². The van der Waals surface area contributed by atoms with Crippen molar-refractivity contribution >= 4 is 11.6 Å². The molecule has 2 heterocycles. The van der Waals surface area contributed by atoms with Gasteiger partial charge in [-0.3, -0.25) is 4.79 Å². The van der Waals surface area contributed by atoms with E-state index in [0.29, 0.717) is 19.5 Å². The van der Waals surface area contributed by atoms with Gasteiger partial charge in [-0.05, 0) is 43.0 Å². The van der Waals surface area contributed by atoms with Crippen molar-refractivity contribution < 1.29 is 9.90 Å². The molecule has 1 unspecified atom stereocenters. The van der Waals surface area contributed by atoms with Gasteiger partial charge in [0.25, 0.3) is 5.91 Å². The summed E-state index contributed by atoms with van der Waals surface area (Å²) in [5, 5.41) is 12.8. The third-order valence-electron chi connectivity index (χ3n) is 3.74. The second kappa shape index (κ2) is 4.61. The van der Waals surface area contributed by atoms with Gasteiger partial charge in [-0.2, -0.15) is 0 Å². The van der Waals surface area contributed by atoms with Crippen molar-refractivity contribution in [3.8, 4) is 0 Å². The molecule has 96 valence electrons. The number of aliphatic hydroxyl groups is 1. The zero-order valence-corrected chi connectivity index (χ0v) is 10.4. The van der Waals surface area contributed by atoms with Crippen molar-refractivity contribution in [1.82, 2.24) is 4.90 Å². The summed E-state index contributed by atoms with van der Waals surface area (Å²) < 4.78 is 0. The van der Waals surface area contributed by atoms with E-state index in [2.05, 4.69) is 5.32 Å². The fraction of sp³-hybridized carbons (Fsp3) is 0.500. The number of benzene rings is 1. The fourth-order valence-corrected chi connectivity index (χ4v) is 2.72. The molecule has 1 aromatic carbocycles. The van der Waals surface area contributed by atoms with E-state index in [1.54, 1.807) is 4.90 Å². The van der Waals surface area contributed by atoms with Crippen LogP contribution in [0.1, 0.15) is 28.8 Å². The third-order valence-corrected chi connectivity index (χ3v) is 3.74. The SMILES string of the molecule is O=C(c1ccc2c(c1)CCCN2)N1CCC(O)C1. The van der Waals surface area contributed by atoms with Gasteiger partial charge in [0.15, 0.2) is 0 Å². The number of aryl methyl sites for hydroxylation is 1. The Hall–Kier alpha value is -1.55. The number of fused-ring (bicyclic) bond motifs is 1. The van der Waals surface area contributed by atoms with E-state index in [4.69, 9.17) is 0 Å². The van der Waals surface area contributed by atoms with Gasteiger partial charge in [0, 0.05) is 30.9 Å². The molecular weight excluding hydrogens is 228 g/mol. The molecule has 0 bridgehead atoms. The van der Waals surface area contributed by atoms with E-state index in [9.17, 15) is 9.90 Å². The van der Waals surface area contributed by atoms with E-state index in [1.807, 2.05) is 18.2 Å². The molecule has 1 atom stereocenters. The lowest BCUT2D eigenvalue weighted by atomic mass is 10.0. The highest BCUT2D eigenvalue weighted by atomic mass is 16.3. The van der Waals surface area contributed by atoms with Gasteiger partial charge in [-0.15, -0.1) is 0 Å². The maximum absolute atomic E-state index is 12.3. The van der Waals surface area contributed by atoms with Gasteiger partial charge < -0.3 is 15.3 Å². The van der Waals surface area contributed by atoms with E-state index < -0.39 is 0 Å². The summed E-state index contributed by atoms with van der Waals surface area (Å²) in [6, 6.07) is 5.87. The lowest BCUT2D eigenvalue weighted by Crippen LogP contribution is -2.29. The van der Waals surface area contributed by atoms with Crippen LogP contribution in [0, 0.1) is 0 Å². The van der Waals surface area contributed by atoms with Crippen LogP contribution in [0.2, 0.25) is 0 Å². The number of likely N-dealkylation sites (tertiary alicyclic amines) is 1. The molecule has 2 N–H and O–H groups in total. The molecule has 1 fully saturated rings. The number of carbonyl (C=O) groups excluding carboxylic acids is 1. The first-order valence-corrected chi connectivity index (χ1v) is 6.58. The molecule has 18 heavy (non-hydrogen) atoms. The molecule has 0 aliphatic carbocycles. The number of amides is 1. The Morgan fingerprint density at radius 2 is 2.33 bits per heavy atom. The minimum atomic E-state index is -0.353. The smallest absolute Gasteiger partial charge is 0.253 e. The van der Waals surface area contributed by atoms with Gasteiger partial charge in [0.2, 0.25) is 0 Å². The van der Waals surface area contributed by atoms with Crippen molar-refractivity contribution in [3.05, 3.63) is 29.3 Å². The summed E-state index contributed by atoms with van der Waals surface area (Å²) in [5.74, 6) is 0.0416. The van der Waals surface area contributed by atoms with Crippen LogP contribution in [0.3, 0.4) is 0 Å². The van der Waals surface area contributed by atoms with Crippen molar-refractivity contribution in [2.24, 2.45) is 0 Å². The van der Waals surface area contributed by atoms with Crippen molar-refractivity contribution in [2.75, 3.05) is 25.0 Å². The van der Waals surface area contributed by atoms with Crippen LogP contribution in [0.5, 0.6) is 0 Å². The Labute approximate surface area is 107 Å². The molecule has 1 aromatic rings. The average molecular weight is 246 g/mol. The topological polar surface area (TPSA) is 52.6 Å². The van der Waals surface area contributed by atoms with E-state index in [-0.39, 0.29) is 12.0 Å². The lowest BCUT2D eigenvalue weighted by Gasteiger charge is -2.20. The number of hydrogen-bond donors (Lipinski definition) is 2. The summed E-state index contributed by atoms with van der Waals surface area (Å²) in [6.07, 6.45) is 2.49. The van der Waals surface area contributed by atoms with Gasteiger partial charge in [0.1, 0.15) is 0 Å². The third kappa shape index (κ3) is 2.08. The average Bonchev–Trinajstić information content (AvgIpc) is 2.84. The Bertz CT molecular complexity index is 473. The highest BCUT2D eigenvalue weighted by Crippen LogP contribution is 2.24.